The largest absolute Gasteiger partial charge is 0.300 e. The van der Waals surface area contributed by atoms with E-state index in [4.69, 9.17) is 0 Å². The molecule has 0 N–H and O–H groups in total. The van der Waals surface area contributed by atoms with Gasteiger partial charge in [-0.15, -0.1) is 0 Å². The predicted molar refractivity (Wildman–Crippen MR) is 116 cm³/mol. The third-order valence-corrected chi connectivity index (χ3v) is 5.73. The second kappa shape index (κ2) is 15.9. The molecule has 0 aromatic carbocycles. The molecule has 2 atom stereocenters. The van der Waals surface area contributed by atoms with Crippen molar-refractivity contribution in [2.75, 3.05) is 19.6 Å². The van der Waals surface area contributed by atoms with Gasteiger partial charge in [0, 0.05) is 6.54 Å². The molecule has 0 aliphatic carbocycles. The van der Waals surface area contributed by atoms with E-state index in [1.807, 2.05) is 0 Å². The lowest BCUT2D eigenvalue weighted by Crippen LogP contribution is -2.22. The highest BCUT2D eigenvalue weighted by Gasteiger charge is 2.06. The molecule has 25 heavy (non-hydrogen) atoms. The van der Waals surface area contributed by atoms with Crippen LogP contribution in [-0.2, 0) is 0 Å². The van der Waals surface area contributed by atoms with Gasteiger partial charge in [0.2, 0.25) is 0 Å². The summed E-state index contributed by atoms with van der Waals surface area (Å²) in [6.07, 6.45) is 15.1. The molecule has 0 amide bonds. The van der Waals surface area contributed by atoms with Crippen molar-refractivity contribution >= 4 is 0 Å². The van der Waals surface area contributed by atoms with Gasteiger partial charge in [0.15, 0.2) is 0 Å². The summed E-state index contributed by atoms with van der Waals surface area (Å²) in [7, 11) is 0. The first-order valence-electron chi connectivity index (χ1n) is 11.3. The molecule has 1 nitrogen and oxygen atoms in total. The Bertz CT molecular complexity index is 314. The molecule has 1 heteroatoms. The number of hydrogen-bond acceptors (Lipinski definition) is 1. The van der Waals surface area contributed by atoms with Gasteiger partial charge in [-0.2, -0.15) is 0 Å². The third-order valence-electron chi connectivity index (χ3n) is 5.73. The lowest BCUT2D eigenvalue weighted by molar-refractivity contribution is 0.336. The Hall–Kier alpha value is -0.300. The summed E-state index contributed by atoms with van der Waals surface area (Å²) in [5.74, 6) is 2.70. The Labute approximate surface area is 160 Å². The van der Waals surface area contributed by atoms with E-state index in [1.54, 1.807) is 5.57 Å². The minimum absolute atomic E-state index is 0.872. The number of nitrogens with zero attached hydrogens (tertiary/aromatic N) is 1. The van der Waals surface area contributed by atoms with Crippen LogP contribution < -0.4 is 0 Å². The van der Waals surface area contributed by atoms with Gasteiger partial charge in [-0.25, -0.2) is 0 Å². The average Bonchev–Trinajstić information content (AvgIpc) is 2.55. The van der Waals surface area contributed by atoms with Crippen molar-refractivity contribution in [2.24, 2.45) is 17.8 Å². The number of rotatable bonds is 16. The van der Waals surface area contributed by atoms with Crippen molar-refractivity contribution in [3.05, 3.63) is 11.6 Å². The van der Waals surface area contributed by atoms with Crippen molar-refractivity contribution < 1.29 is 0 Å². The topological polar surface area (TPSA) is 3.24 Å². The van der Waals surface area contributed by atoms with Gasteiger partial charge >= 0.3 is 0 Å². The summed E-state index contributed by atoms with van der Waals surface area (Å²) >= 11 is 0. The van der Waals surface area contributed by atoms with E-state index in [0.29, 0.717) is 0 Å². The van der Waals surface area contributed by atoms with Gasteiger partial charge < -0.3 is 4.90 Å². The molecule has 0 radical (unpaired) electrons. The maximum atomic E-state index is 2.48. The Morgan fingerprint density at radius 2 is 1.24 bits per heavy atom. The van der Waals surface area contributed by atoms with Crippen molar-refractivity contribution in [2.45, 2.75) is 106 Å². The highest BCUT2D eigenvalue weighted by atomic mass is 15.1. The molecule has 0 aromatic rings. The molecular weight excluding hydrogens is 302 g/mol. The van der Waals surface area contributed by atoms with Gasteiger partial charge in [0.05, 0.1) is 0 Å². The zero-order chi connectivity index (χ0) is 19.1. The van der Waals surface area contributed by atoms with Crippen molar-refractivity contribution in [3.8, 4) is 0 Å². The lowest BCUT2D eigenvalue weighted by atomic mass is 9.91. The summed E-state index contributed by atoms with van der Waals surface area (Å²) in [6, 6.07) is 0. The van der Waals surface area contributed by atoms with E-state index < -0.39 is 0 Å². The van der Waals surface area contributed by atoms with Gasteiger partial charge in [0.1, 0.15) is 0 Å². The molecule has 0 spiro atoms. The van der Waals surface area contributed by atoms with E-state index in [2.05, 4.69) is 59.4 Å². The predicted octanol–water partition coefficient (Wildman–Crippen LogP) is 7.71. The van der Waals surface area contributed by atoms with Crippen LogP contribution >= 0.6 is 0 Å². The highest BCUT2D eigenvalue weighted by molar-refractivity contribution is 4.99. The van der Waals surface area contributed by atoms with Crippen molar-refractivity contribution in [3.63, 3.8) is 0 Å². The maximum absolute atomic E-state index is 2.48. The second-order valence-electron chi connectivity index (χ2n) is 8.89. The van der Waals surface area contributed by atoms with Crippen LogP contribution in [0.5, 0.6) is 0 Å². The zero-order valence-electron chi connectivity index (χ0n) is 18.7. The van der Waals surface area contributed by atoms with Gasteiger partial charge in [-0.3, -0.25) is 0 Å². The highest BCUT2D eigenvalue weighted by Crippen LogP contribution is 2.22. The number of allylic oxidation sites excluding steroid dienone is 1. The summed E-state index contributed by atoms with van der Waals surface area (Å²) in [6.45, 7) is 19.8. The molecule has 2 unspecified atom stereocenters. The summed E-state index contributed by atoms with van der Waals surface area (Å²) in [4.78, 5) is 2.48. The fraction of sp³-hybridized carbons (Fsp3) is 0.917. The average molecular weight is 352 g/mol. The monoisotopic (exact) mass is 351 g/mol. The minimum Gasteiger partial charge on any atom is -0.300 e. The van der Waals surface area contributed by atoms with Crippen LogP contribution in [0.25, 0.3) is 0 Å². The molecule has 0 saturated heterocycles. The molecule has 0 fully saturated rings. The molecule has 150 valence electrons. The number of hydrogen-bond donors (Lipinski definition) is 0. The SMILES string of the molecule is CCN(CC)CC=C(C)CCCC(C)CCCC(C)CCCC(C)C. The summed E-state index contributed by atoms with van der Waals surface area (Å²) in [5.41, 5.74) is 1.58. The van der Waals surface area contributed by atoms with Crippen LogP contribution in [0, 0.1) is 17.8 Å². The third kappa shape index (κ3) is 15.7. The molecule has 0 aromatic heterocycles. The Kier molecular flexibility index (Phi) is 15.7. The van der Waals surface area contributed by atoms with E-state index in [1.165, 1.54) is 57.8 Å². The van der Waals surface area contributed by atoms with Crippen LogP contribution in [0.2, 0.25) is 0 Å². The first-order valence-corrected chi connectivity index (χ1v) is 11.3. The quantitative estimate of drug-likeness (QED) is 0.257. The normalized spacial score (nSPS) is 15.2. The van der Waals surface area contributed by atoms with Crippen molar-refractivity contribution in [1.29, 1.82) is 0 Å². The Morgan fingerprint density at radius 3 is 1.72 bits per heavy atom. The van der Waals surface area contributed by atoms with E-state index in [0.717, 1.165) is 37.4 Å². The molecule has 0 bridgehead atoms. The first kappa shape index (κ1) is 24.7. The van der Waals surface area contributed by atoms with Gasteiger partial charge in [-0.05, 0) is 50.6 Å². The van der Waals surface area contributed by atoms with E-state index in [9.17, 15) is 0 Å². The second-order valence-corrected chi connectivity index (χ2v) is 8.89. The summed E-state index contributed by atoms with van der Waals surface area (Å²) < 4.78 is 0. The smallest absolute Gasteiger partial charge is 0.0165 e. The Balaban J connectivity index is 3.69. The standard InChI is InChI=1S/C24H49N/c1-8-25(9-2)20-19-24(7)18-12-17-23(6)16-11-15-22(5)14-10-13-21(3)4/h19,21-23H,8-18,20H2,1-7H3. The van der Waals surface area contributed by atoms with Crippen LogP contribution in [-0.4, -0.2) is 24.5 Å². The van der Waals surface area contributed by atoms with E-state index >= 15 is 0 Å². The van der Waals surface area contributed by atoms with Gasteiger partial charge in [-0.1, -0.05) is 98.1 Å². The maximum Gasteiger partial charge on any atom is 0.0165 e. The van der Waals surface area contributed by atoms with Crippen molar-refractivity contribution in [1.82, 2.24) is 4.90 Å². The molecule has 0 aliphatic heterocycles. The Morgan fingerprint density at radius 1 is 0.760 bits per heavy atom. The molecular formula is C24H49N. The minimum atomic E-state index is 0.872. The first-order chi connectivity index (χ1) is 11.9. The molecule has 0 saturated carbocycles. The van der Waals surface area contributed by atoms with E-state index in [-0.39, 0.29) is 0 Å². The van der Waals surface area contributed by atoms with Crippen LogP contribution in [0.15, 0.2) is 11.6 Å². The fourth-order valence-electron chi connectivity index (χ4n) is 3.58. The number of likely N-dealkylation sites (N-methyl/N-ethyl adjacent to an activating group) is 1. The molecule has 0 rings (SSSR count). The van der Waals surface area contributed by atoms with Crippen LogP contribution in [0.3, 0.4) is 0 Å². The fourth-order valence-corrected chi connectivity index (χ4v) is 3.58. The molecule has 0 heterocycles. The van der Waals surface area contributed by atoms with Crippen LogP contribution in [0.4, 0.5) is 0 Å². The summed E-state index contributed by atoms with van der Waals surface area (Å²) in [5, 5.41) is 0. The lowest BCUT2D eigenvalue weighted by Gasteiger charge is -2.16. The van der Waals surface area contributed by atoms with Crippen LogP contribution in [0.1, 0.15) is 106 Å². The molecule has 0 aliphatic rings. The zero-order valence-corrected chi connectivity index (χ0v) is 18.7. The van der Waals surface area contributed by atoms with Gasteiger partial charge in [0.25, 0.3) is 0 Å².